The van der Waals surface area contributed by atoms with Gasteiger partial charge in [0, 0.05) is 6.07 Å². The van der Waals surface area contributed by atoms with E-state index in [0.717, 1.165) is 18.2 Å². The Labute approximate surface area is 158 Å². The van der Waals surface area contributed by atoms with Gasteiger partial charge in [0.1, 0.15) is 10.7 Å². The van der Waals surface area contributed by atoms with Gasteiger partial charge in [-0.3, -0.25) is 14.3 Å². The van der Waals surface area contributed by atoms with E-state index in [1.807, 2.05) is 4.72 Å². The number of aromatic nitrogens is 2. The quantitative estimate of drug-likeness (QED) is 0.432. The highest BCUT2D eigenvalue weighted by atomic mass is 35.5. The molecular formula is C15H8ClF4N3O4S. The molecule has 0 unspecified atom stereocenters. The Morgan fingerprint density at radius 2 is 1.54 bits per heavy atom. The van der Waals surface area contributed by atoms with Crippen molar-refractivity contribution in [2.75, 3.05) is 4.72 Å². The predicted octanol–water partition coefficient (Wildman–Crippen LogP) is 2.83. The molecule has 0 aliphatic carbocycles. The molecule has 2 aromatic carbocycles. The third-order valence-electron chi connectivity index (χ3n) is 3.59. The first-order chi connectivity index (χ1) is 12.9. The molecule has 1 aromatic heterocycles. The third kappa shape index (κ3) is 3.73. The SMILES string of the molecule is O=c1[nH]c2cc(F)c(S(=O)(=O)Nc3ccc(C(F)(F)F)c(Cl)c3)cc2[nH]c1=O. The summed E-state index contributed by atoms with van der Waals surface area (Å²) >= 11 is 5.53. The number of anilines is 1. The van der Waals surface area contributed by atoms with E-state index >= 15 is 0 Å². The minimum atomic E-state index is -4.73. The van der Waals surface area contributed by atoms with Crippen molar-refractivity contribution in [1.82, 2.24) is 9.97 Å². The van der Waals surface area contributed by atoms with Gasteiger partial charge in [-0.05, 0) is 24.3 Å². The molecule has 28 heavy (non-hydrogen) atoms. The van der Waals surface area contributed by atoms with Crippen LogP contribution in [0.1, 0.15) is 5.56 Å². The molecule has 0 saturated carbocycles. The Hall–Kier alpha value is -2.86. The van der Waals surface area contributed by atoms with E-state index in [4.69, 9.17) is 11.6 Å². The number of sulfonamides is 1. The first-order valence-corrected chi connectivity index (χ1v) is 9.10. The maximum Gasteiger partial charge on any atom is 0.417 e. The number of benzene rings is 2. The number of aromatic amines is 2. The van der Waals surface area contributed by atoms with Crippen LogP contribution in [0.5, 0.6) is 0 Å². The van der Waals surface area contributed by atoms with Crippen molar-refractivity contribution in [2.24, 2.45) is 0 Å². The average molecular weight is 438 g/mol. The lowest BCUT2D eigenvalue weighted by Crippen LogP contribution is -2.29. The maximum absolute atomic E-state index is 14.2. The van der Waals surface area contributed by atoms with E-state index in [9.17, 15) is 35.6 Å². The standard InChI is InChI=1S/C15H8ClF4N3O4S/c16-8-3-6(1-2-7(8)15(18,19)20)23-28(26,27)12-5-11-10(4-9(12)17)21-13(24)14(25)22-11/h1-5,23H,(H,21,24)(H,22,25). The van der Waals surface area contributed by atoms with Crippen LogP contribution in [0.2, 0.25) is 5.02 Å². The summed E-state index contributed by atoms with van der Waals surface area (Å²) in [7, 11) is -4.60. The fraction of sp³-hybridized carbons (Fsp3) is 0.0667. The zero-order valence-electron chi connectivity index (χ0n) is 13.3. The predicted molar refractivity (Wildman–Crippen MR) is 92.4 cm³/mol. The molecule has 0 fully saturated rings. The molecule has 1 heterocycles. The number of H-pyrrole nitrogens is 2. The van der Waals surface area contributed by atoms with E-state index < -0.39 is 48.6 Å². The van der Waals surface area contributed by atoms with E-state index in [0.29, 0.717) is 12.1 Å². The van der Waals surface area contributed by atoms with Crippen LogP contribution in [0.3, 0.4) is 0 Å². The number of alkyl halides is 3. The Morgan fingerprint density at radius 1 is 0.964 bits per heavy atom. The van der Waals surface area contributed by atoms with Crippen LogP contribution in [0, 0.1) is 5.82 Å². The average Bonchev–Trinajstić information content (AvgIpc) is 2.54. The molecule has 0 atom stereocenters. The topological polar surface area (TPSA) is 112 Å². The van der Waals surface area contributed by atoms with E-state index in [-0.39, 0.29) is 16.7 Å². The fourth-order valence-corrected chi connectivity index (χ4v) is 3.77. The smallest absolute Gasteiger partial charge is 0.316 e. The molecule has 13 heteroatoms. The summed E-state index contributed by atoms with van der Waals surface area (Å²) in [4.78, 5) is 25.9. The number of halogens is 5. The Balaban J connectivity index is 2.05. The van der Waals surface area contributed by atoms with Crippen molar-refractivity contribution in [3.8, 4) is 0 Å². The molecule has 0 aliphatic heterocycles. The Bertz CT molecular complexity index is 1320. The second-order valence-electron chi connectivity index (χ2n) is 5.53. The highest BCUT2D eigenvalue weighted by molar-refractivity contribution is 7.92. The lowest BCUT2D eigenvalue weighted by Gasteiger charge is -2.13. The van der Waals surface area contributed by atoms with Crippen LogP contribution in [0.4, 0.5) is 23.2 Å². The zero-order valence-corrected chi connectivity index (χ0v) is 14.9. The second-order valence-corrected chi connectivity index (χ2v) is 7.59. The van der Waals surface area contributed by atoms with Crippen LogP contribution in [-0.4, -0.2) is 18.4 Å². The fourth-order valence-electron chi connectivity index (χ4n) is 2.34. The summed E-state index contributed by atoms with van der Waals surface area (Å²) in [5.41, 5.74) is -3.97. The first-order valence-electron chi connectivity index (χ1n) is 7.24. The van der Waals surface area contributed by atoms with Crippen molar-refractivity contribution < 1.29 is 26.0 Å². The Morgan fingerprint density at radius 3 is 2.07 bits per heavy atom. The lowest BCUT2D eigenvalue weighted by atomic mass is 10.2. The molecule has 3 N–H and O–H groups in total. The number of nitrogens with one attached hydrogen (secondary N) is 3. The monoisotopic (exact) mass is 437 g/mol. The van der Waals surface area contributed by atoms with Crippen LogP contribution >= 0.6 is 11.6 Å². The van der Waals surface area contributed by atoms with Crippen LogP contribution in [0.15, 0.2) is 44.8 Å². The molecule has 0 aliphatic rings. The van der Waals surface area contributed by atoms with Gasteiger partial charge in [0.25, 0.3) is 10.0 Å². The summed E-state index contributed by atoms with van der Waals surface area (Å²) in [5, 5.41) is -0.756. The van der Waals surface area contributed by atoms with Crippen molar-refractivity contribution in [2.45, 2.75) is 11.1 Å². The summed E-state index contributed by atoms with van der Waals surface area (Å²) < 4.78 is 79.2. The molecule has 0 amide bonds. The van der Waals surface area contributed by atoms with Crippen LogP contribution in [-0.2, 0) is 16.2 Å². The number of hydrogen-bond donors (Lipinski definition) is 3. The molecule has 3 rings (SSSR count). The van der Waals surface area contributed by atoms with Gasteiger partial charge < -0.3 is 9.97 Å². The molecular weight excluding hydrogens is 430 g/mol. The lowest BCUT2D eigenvalue weighted by molar-refractivity contribution is -0.137. The van der Waals surface area contributed by atoms with Gasteiger partial charge in [0.05, 0.1) is 27.3 Å². The van der Waals surface area contributed by atoms with Gasteiger partial charge in [-0.2, -0.15) is 13.2 Å². The van der Waals surface area contributed by atoms with Crippen LogP contribution in [0.25, 0.3) is 11.0 Å². The van der Waals surface area contributed by atoms with E-state index in [2.05, 4.69) is 9.97 Å². The molecule has 148 valence electrons. The number of rotatable bonds is 3. The highest BCUT2D eigenvalue weighted by Gasteiger charge is 2.33. The normalized spacial score (nSPS) is 12.3. The minimum Gasteiger partial charge on any atom is -0.316 e. The minimum absolute atomic E-state index is 0.154. The van der Waals surface area contributed by atoms with Crippen LogP contribution < -0.4 is 15.8 Å². The van der Waals surface area contributed by atoms with Gasteiger partial charge in [0.2, 0.25) is 0 Å². The summed E-state index contributed by atoms with van der Waals surface area (Å²) in [5.74, 6) is -1.26. The van der Waals surface area contributed by atoms with Crippen molar-refractivity contribution in [3.63, 3.8) is 0 Å². The summed E-state index contributed by atoms with van der Waals surface area (Å²) in [6.07, 6.45) is -4.73. The van der Waals surface area contributed by atoms with E-state index in [1.165, 1.54) is 0 Å². The summed E-state index contributed by atoms with van der Waals surface area (Å²) in [6, 6.07) is 3.54. The first kappa shape index (κ1) is 19.9. The summed E-state index contributed by atoms with van der Waals surface area (Å²) in [6.45, 7) is 0. The number of hydrogen-bond acceptors (Lipinski definition) is 4. The zero-order chi connectivity index (χ0) is 20.9. The third-order valence-corrected chi connectivity index (χ3v) is 5.30. The molecule has 3 aromatic rings. The molecule has 0 radical (unpaired) electrons. The van der Waals surface area contributed by atoms with Gasteiger partial charge in [-0.1, -0.05) is 11.6 Å². The van der Waals surface area contributed by atoms with Gasteiger partial charge >= 0.3 is 17.3 Å². The number of fused-ring (bicyclic) bond motifs is 1. The van der Waals surface area contributed by atoms with Gasteiger partial charge in [-0.25, -0.2) is 12.8 Å². The Kier molecular flexibility index (Phi) is 4.71. The van der Waals surface area contributed by atoms with Crippen molar-refractivity contribution in [3.05, 3.63) is 67.4 Å². The molecule has 0 saturated heterocycles. The van der Waals surface area contributed by atoms with Gasteiger partial charge in [0.15, 0.2) is 0 Å². The van der Waals surface area contributed by atoms with E-state index in [1.54, 1.807) is 0 Å². The molecule has 0 bridgehead atoms. The maximum atomic E-state index is 14.2. The van der Waals surface area contributed by atoms with Crippen molar-refractivity contribution in [1.29, 1.82) is 0 Å². The highest BCUT2D eigenvalue weighted by Crippen LogP contribution is 2.36. The van der Waals surface area contributed by atoms with Gasteiger partial charge in [-0.15, -0.1) is 0 Å². The molecule has 7 nitrogen and oxygen atoms in total. The largest absolute Gasteiger partial charge is 0.417 e. The second kappa shape index (κ2) is 6.63. The van der Waals surface area contributed by atoms with Crippen molar-refractivity contribution >= 4 is 38.3 Å². The molecule has 0 spiro atoms.